The summed E-state index contributed by atoms with van der Waals surface area (Å²) in [5, 5.41) is 15.5. The minimum Gasteiger partial charge on any atom is -0.393 e. The highest BCUT2D eigenvalue weighted by Crippen LogP contribution is 2.23. The molecule has 2 unspecified atom stereocenters. The summed E-state index contributed by atoms with van der Waals surface area (Å²) >= 11 is 0. The fourth-order valence-electron chi connectivity index (χ4n) is 2.82. The third-order valence-corrected chi connectivity index (χ3v) is 4.13. The molecule has 1 amide bonds. The average molecular weight is 240 g/mol. The van der Waals surface area contributed by atoms with Crippen LogP contribution in [0, 0.1) is 11.8 Å². The van der Waals surface area contributed by atoms with Crippen LogP contribution >= 0.6 is 0 Å². The van der Waals surface area contributed by atoms with E-state index in [4.69, 9.17) is 5.11 Å². The summed E-state index contributed by atoms with van der Waals surface area (Å²) in [6.45, 7) is 4.35. The summed E-state index contributed by atoms with van der Waals surface area (Å²) in [6.07, 6.45) is 4.35. The molecule has 1 saturated carbocycles. The lowest BCUT2D eigenvalue weighted by Gasteiger charge is -2.33. The van der Waals surface area contributed by atoms with Gasteiger partial charge in [-0.2, -0.15) is 0 Å². The van der Waals surface area contributed by atoms with E-state index in [-0.39, 0.29) is 18.1 Å². The summed E-state index contributed by atoms with van der Waals surface area (Å²) in [7, 11) is 0. The Kier molecular flexibility index (Phi) is 4.40. The molecule has 2 fully saturated rings. The normalized spacial score (nSPS) is 34.8. The number of hydrogen-bond acceptors (Lipinski definition) is 3. The Labute approximate surface area is 103 Å². The van der Waals surface area contributed by atoms with Gasteiger partial charge in [-0.25, -0.2) is 0 Å². The second kappa shape index (κ2) is 5.83. The number of aliphatic hydroxyl groups excluding tert-OH is 1. The molecule has 1 saturated heterocycles. The lowest BCUT2D eigenvalue weighted by atomic mass is 9.84. The standard InChI is InChI=1S/C13H24N2O2/c1-9(10-3-2-4-14-8-10)5-13(17)15-11-6-12(16)7-11/h9-12,14,16H,2-8H2,1H3,(H,15,17). The zero-order valence-electron chi connectivity index (χ0n) is 10.6. The minimum absolute atomic E-state index is 0.153. The van der Waals surface area contributed by atoms with Crippen molar-refractivity contribution in [1.29, 1.82) is 0 Å². The molecule has 1 aliphatic carbocycles. The zero-order valence-corrected chi connectivity index (χ0v) is 10.6. The van der Waals surface area contributed by atoms with Crippen LogP contribution in [-0.4, -0.2) is 36.2 Å². The lowest BCUT2D eigenvalue weighted by molar-refractivity contribution is -0.124. The summed E-state index contributed by atoms with van der Waals surface area (Å²) in [5.41, 5.74) is 0. The first-order valence-electron chi connectivity index (χ1n) is 6.83. The molecular formula is C13H24N2O2. The summed E-state index contributed by atoms with van der Waals surface area (Å²) in [5.74, 6) is 1.24. The molecule has 4 nitrogen and oxygen atoms in total. The topological polar surface area (TPSA) is 61.4 Å². The van der Waals surface area contributed by atoms with Gasteiger partial charge in [0.1, 0.15) is 0 Å². The molecule has 17 heavy (non-hydrogen) atoms. The van der Waals surface area contributed by atoms with Gasteiger partial charge in [0.2, 0.25) is 5.91 Å². The third kappa shape index (κ3) is 3.68. The van der Waals surface area contributed by atoms with Gasteiger partial charge in [0.25, 0.3) is 0 Å². The van der Waals surface area contributed by atoms with Crippen molar-refractivity contribution in [2.75, 3.05) is 13.1 Å². The van der Waals surface area contributed by atoms with Crippen LogP contribution in [0.3, 0.4) is 0 Å². The highest BCUT2D eigenvalue weighted by Gasteiger charge is 2.29. The molecule has 0 aromatic heterocycles. The van der Waals surface area contributed by atoms with Crippen LogP contribution in [0.4, 0.5) is 0 Å². The fraction of sp³-hybridized carbons (Fsp3) is 0.923. The number of hydrogen-bond donors (Lipinski definition) is 3. The van der Waals surface area contributed by atoms with E-state index in [9.17, 15) is 4.79 Å². The second-order valence-corrected chi connectivity index (χ2v) is 5.68. The number of carbonyl (C=O) groups is 1. The maximum Gasteiger partial charge on any atom is 0.220 e. The van der Waals surface area contributed by atoms with E-state index in [0.717, 1.165) is 25.9 Å². The van der Waals surface area contributed by atoms with Crippen LogP contribution in [0.1, 0.15) is 39.0 Å². The molecule has 2 rings (SSSR count). The van der Waals surface area contributed by atoms with Crippen LogP contribution in [0.2, 0.25) is 0 Å². The molecule has 1 aliphatic heterocycles. The first-order valence-corrected chi connectivity index (χ1v) is 6.83. The molecular weight excluding hydrogens is 216 g/mol. The predicted octanol–water partition coefficient (Wildman–Crippen LogP) is 0.652. The molecule has 0 bridgehead atoms. The van der Waals surface area contributed by atoms with Crippen molar-refractivity contribution in [1.82, 2.24) is 10.6 Å². The van der Waals surface area contributed by atoms with Crippen molar-refractivity contribution < 1.29 is 9.90 Å². The van der Waals surface area contributed by atoms with E-state index >= 15 is 0 Å². The SMILES string of the molecule is CC(CC(=O)NC1CC(O)C1)C1CCCNC1. The van der Waals surface area contributed by atoms with Crippen LogP contribution in [-0.2, 0) is 4.79 Å². The summed E-state index contributed by atoms with van der Waals surface area (Å²) in [4.78, 5) is 11.8. The zero-order chi connectivity index (χ0) is 12.3. The molecule has 2 atom stereocenters. The lowest BCUT2D eigenvalue weighted by Crippen LogP contribution is -2.47. The van der Waals surface area contributed by atoms with Crippen molar-refractivity contribution in [3.8, 4) is 0 Å². The van der Waals surface area contributed by atoms with E-state index in [0.29, 0.717) is 18.3 Å². The van der Waals surface area contributed by atoms with E-state index in [2.05, 4.69) is 17.6 Å². The summed E-state index contributed by atoms with van der Waals surface area (Å²) < 4.78 is 0. The molecule has 0 radical (unpaired) electrons. The van der Waals surface area contributed by atoms with E-state index in [1.165, 1.54) is 12.8 Å². The summed E-state index contributed by atoms with van der Waals surface area (Å²) in [6, 6.07) is 0.217. The van der Waals surface area contributed by atoms with Crippen molar-refractivity contribution in [3.63, 3.8) is 0 Å². The minimum atomic E-state index is -0.194. The van der Waals surface area contributed by atoms with Gasteiger partial charge < -0.3 is 15.7 Å². The average Bonchev–Trinajstić information content (AvgIpc) is 2.28. The van der Waals surface area contributed by atoms with E-state index in [1.54, 1.807) is 0 Å². The molecule has 98 valence electrons. The van der Waals surface area contributed by atoms with Crippen LogP contribution in [0.5, 0.6) is 0 Å². The smallest absolute Gasteiger partial charge is 0.220 e. The van der Waals surface area contributed by atoms with E-state index in [1.807, 2.05) is 0 Å². The number of amides is 1. The predicted molar refractivity (Wildman–Crippen MR) is 66.5 cm³/mol. The Bertz CT molecular complexity index is 258. The molecule has 4 heteroatoms. The Balaban J connectivity index is 1.66. The molecule has 0 aromatic rings. The maximum atomic E-state index is 11.8. The van der Waals surface area contributed by atoms with Gasteiger partial charge in [-0.3, -0.25) is 4.79 Å². The molecule has 3 N–H and O–H groups in total. The second-order valence-electron chi connectivity index (χ2n) is 5.68. The number of aliphatic hydroxyl groups is 1. The Morgan fingerprint density at radius 3 is 2.88 bits per heavy atom. The van der Waals surface area contributed by atoms with Gasteiger partial charge in [0.05, 0.1) is 6.10 Å². The van der Waals surface area contributed by atoms with Gasteiger partial charge in [-0.05, 0) is 50.6 Å². The number of rotatable bonds is 4. The Morgan fingerprint density at radius 2 is 2.29 bits per heavy atom. The quantitative estimate of drug-likeness (QED) is 0.676. The monoisotopic (exact) mass is 240 g/mol. The Hall–Kier alpha value is -0.610. The fourth-order valence-corrected chi connectivity index (χ4v) is 2.82. The van der Waals surface area contributed by atoms with E-state index < -0.39 is 0 Å². The first-order chi connectivity index (χ1) is 8.15. The number of nitrogens with one attached hydrogen (secondary N) is 2. The molecule has 1 heterocycles. The number of piperidine rings is 1. The third-order valence-electron chi connectivity index (χ3n) is 4.13. The largest absolute Gasteiger partial charge is 0.393 e. The van der Waals surface area contributed by atoms with Gasteiger partial charge in [0, 0.05) is 12.5 Å². The van der Waals surface area contributed by atoms with Crippen molar-refractivity contribution in [2.24, 2.45) is 11.8 Å². The van der Waals surface area contributed by atoms with Crippen molar-refractivity contribution in [2.45, 2.75) is 51.2 Å². The Morgan fingerprint density at radius 1 is 1.53 bits per heavy atom. The molecule has 2 aliphatic rings. The highest BCUT2D eigenvalue weighted by molar-refractivity contribution is 5.76. The van der Waals surface area contributed by atoms with Gasteiger partial charge in [0.15, 0.2) is 0 Å². The van der Waals surface area contributed by atoms with Gasteiger partial charge >= 0.3 is 0 Å². The van der Waals surface area contributed by atoms with Gasteiger partial charge in [-0.15, -0.1) is 0 Å². The van der Waals surface area contributed by atoms with Crippen LogP contribution < -0.4 is 10.6 Å². The van der Waals surface area contributed by atoms with Crippen molar-refractivity contribution in [3.05, 3.63) is 0 Å². The molecule has 0 spiro atoms. The first kappa shape index (κ1) is 12.8. The van der Waals surface area contributed by atoms with Crippen molar-refractivity contribution >= 4 is 5.91 Å². The maximum absolute atomic E-state index is 11.8. The van der Waals surface area contributed by atoms with Crippen LogP contribution in [0.25, 0.3) is 0 Å². The van der Waals surface area contributed by atoms with Crippen LogP contribution in [0.15, 0.2) is 0 Å². The molecule has 0 aromatic carbocycles. The highest BCUT2D eigenvalue weighted by atomic mass is 16.3. The number of carbonyl (C=O) groups excluding carboxylic acids is 1. The van der Waals surface area contributed by atoms with Gasteiger partial charge in [-0.1, -0.05) is 6.92 Å².